The Morgan fingerprint density at radius 1 is 1.58 bits per heavy atom. The molecule has 0 spiro atoms. The maximum absolute atomic E-state index is 5.17. The van der Waals surface area contributed by atoms with Crippen molar-refractivity contribution in [1.82, 2.24) is 4.98 Å². The highest BCUT2D eigenvalue weighted by atomic mass is 16.5. The summed E-state index contributed by atoms with van der Waals surface area (Å²) in [4.78, 5) is 4.03. The Labute approximate surface area is 71.8 Å². The maximum Gasteiger partial charge on any atom is 0.145 e. The summed E-state index contributed by atoms with van der Waals surface area (Å²) < 4.78 is 5.17. The number of pyridine rings is 1. The van der Waals surface area contributed by atoms with E-state index in [4.69, 9.17) is 4.74 Å². The highest BCUT2D eigenvalue weighted by Gasteiger charge is 2.21. The van der Waals surface area contributed by atoms with Gasteiger partial charge in [-0.2, -0.15) is 0 Å². The van der Waals surface area contributed by atoms with Gasteiger partial charge in [-0.1, -0.05) is 0 Å². The normalized spacial score (nSPS) is 15.8. The summed E-state index contributed by atoms with van der Waals surface area (Å²) in [7, 11) is 1.67. The number of nitrogens with one attached hydrogen (secondary N) is 1. The van der Waals surface area contributed by atoms with Crippen molar-refractivity contribution in [2.75, 3.05) is 12.4 Å². The van der Waals surface area contributed by atoms with E-state index in [2.05, 4.69) is 10.3 Å². The number of anilines is 1. The van der Waals surface area contributed by atoms with Gasteiger partial charge in [-0.15, -0.1) is 0 Å². The van der Waals surface area contributed by atoms with Crippen LogP contribution >= 0.6 is 0 Å². The summed E-state index contributed by atoms with van der Waals surface area (Å²) in [5, 5.41) is 3.35. The summed E-state index contributed by atoms with van der Waals surface area (Å²) in [6, 6.07) is 2.51. The Hall–Kier alpha value is -1.25. The van der Waals surface area contributed by atoms with Crippen molar-refractivity contribution in [3.05, 3.63) is 18.5 Å². The van der Waals surface area contributed by atoms with E-state index in [9.17, 15) is 0 Å². The van der Waals surface area contributed by atoms with Crippen molar-refractivity contribution in [2.24, 2.45) is 0 Å². The molecule has 0 unspecified atom stereocenters. The van der Waals surface area contributed by atoms with Crippen LogP contribution in [0, 0.1) is 0 Å². The van der Waals surface area contributed by atoms with Crippen LogP contribution in [-0.4, -0.2) is 18.1 Å². The molecule has 1 saturated carbocycles. The van der Waals surface area contributed by atoms with Gasteiger partial charge in [0.25, 0.3) is 0 Å². The zero-order valence-electron chi connectivity index (χ0n) is 7.08. The molecule has 0 bridgehead atoms. The van der Waals surface area contributed by atoms with E-state index in [-0.39, 0.29) is 0 Å². The van der Waals surface area contributed by atoms with Crippen LogP contribution in [0.3, 0.4) is 0 Å². The highest BCUT2D eigenvalue weighted by Crippen LogP contribution is 2.29. The van der Waals surface area contributed by atoms with Crippen LogP contribution in [0.4, 0.5) is 5.69 Å². The molecule has 2 rings (SSSR count). The number of ether oxygens (including phenoxy) is 1. The molecule has 0 saturated heterocycles. The molecule has 0 aliphatic heterocycles. The smallest absolute Gasteiger partial charge is 0.145 e. The van der Waals surface area contributed by atoms with E-state index in [1.54, 1.807) is 19.5 Å². The maximum atomic E-state index is 5.17. The third-order valence-electron chi connectivity index (χ3n) is 1.94. The lowest BCUT2D eigenvalue weighted by Crippen LogP contribution is -2.02. The SMILES string of the molecule is COc1ccncc1NC1CC1. The first-order chi connectivity index (χ1) is 5.90. The number of hydrogen-bond donors (Lipinski definition) is 1. The van der Waals surface area contributed by atoms with Crippen LogP contribution in [0.2, 0.25) is 0 Å². The molecule has 1 heterocycles. The van der Waals surface area contributed by atoms with Crippen LogP contribution in [0.1, 0.15) is 12.8 Å². The second-order valence-corrected chi connectivity index (χ2v) is 2.99. The van der Waals surface area contributed by atoms with Gasteiger partial charge in [0.1, 0.15) is 5.75 Å². The van der Waals surface area contributed by atoms with Gasteiger partial charge in [0, 0.05) is 18.3 Å². The first kappa shape index (κ1) is 7.40. The second-order valence-electron chi connectivity index (χ2n) is 2.99. The minimum atomic E-state index is 0.642. The Balaban J connectivity index is 2.15. The van der Waals surface area contributed by atoms with Crippen LogP contribution in [0.5, 0.6) is 5.75 Å². The van der Waals surface area contributed by atoms with Gasteiger partial charge >= 0.3 is 0 Å². The zero-order valence-corrected chi connectivity index (χ0v) is 7.08. The molecular formula is C9H12N2O. The predicted octanol–water partition coefficient (Wildman–Crippen LogP) is 1.66. The molecule has 0 amide bonds. The molecule has 0 radical (unpaired) electrons. The zero-order chi connectivity index (χ0) is 8.39. The third kappa shape index (κ3) is 1.49. The molecule has 1 fully saturated rings. The fourth-order valence-corrected chi connectivity index (χ4v) is 1.12. The predicted molar refractivity (Wildman–Crippen MR) is 47.4 cm³/mol. The lowest BCUT2D eigenvalue weighted by Gasteiger charge is -2.08. The minimum absolute atomic E-state index is 0.642. The molecule has 1 N–H and O–H groups in total. The molecule has 1 aliphatic rings. The van der Waals surface area contributed by atoms with E-state index in [1.807, 2.05) is 6.07 Å². The average Bonchev–Trinajstić information content (AvgIpc) is 2.89. The van der Waals surface area contributed by atoms with Crippen molar-refractivity contribution < 1.29 is 4.74 Å². The highest BCUT2D eigenvalue weighted by molar-refractivity contribution is 5.55. The number of rotatable bonds is 3. The second kappa shape index (κ2) is 3.01. The number of hydrogen-bond acceptors (Lipinski definition) is 3. The van der Waals surface area contributed by atoms with Crippen LogP contribution in [0.15, 0.2) is 18.5 Å². The molecule has 64 valence electrons. The Bertz CT molecular complexity index is 271. The van der Waals surface area contributed by atoms with Gasteiger partial charge in [-0.05, 0) is 12.8 Å². The minimum Gasteiger partial charge on any atom is -0.494 e. The Kier molecular flexibility index (Phi) is 1.86. The molecule has 1 aliphatic carbocycles. The summed E-state index contributed by atoms with van der Waals surface area (Å²) in [6.45, 7) is 0. The van der Waals surface area contributed by atoms with Gasteiger partial charge in [-0.25, -0.2) is 0 Å². The number of nitrogens with zero attached hydrogens (tertiary/aromatic N) is 1. The average molecular weight is 164 g/mol. The Morgan fingerprint density at radius 3 is 3.08 bits per heavy atom. The van der Waals surface area contributed by atoms with E-state index in [1.165, 1.54) is 12.8 Å². The molecule has 0 aromatic carbocycles. The van der Waals surface area contributed by atoms with Crippen LogP contribution in [0.25, 0.3) is 0 Å². The summed E-state index contributed by atoms with van der Waals surface area (Å²) in [5.74, 6) is 0.872. The van der Waals surface area contributed by atoms with E-state index in [0.29, 0.717) is 6.04 Å². The quantitative estimate of drug-likeness (QED) is 0.737. The molecule has 0 atom stereocenters. The van der Waals surface area contributed by atoms with E-state index in [0.717, 1.165) is 11.4 Å². The standard InChI is InChI=1S/C9H12N2O/c1-12-9-4-5-10-6-8(9)11-7-2-3-7/h4-7,11H,2-3H2,1H3. The summed E-state index contributed by atoms with van der Waals surface area (Å²) >= 11 is 0. The molecular weight excluding hydrogens is 152 g/mol. The van der Waals surface area contributed by atoms with E-state index >= 15 is 0 Å². The molecule has 12 heavy (non-hydrogen) atoms. The number of methoxy groups -OCH3 is 1. The van der Waals surface area contributed by atoms with Crippen molar-refractivity contribution in [2.45, 2.75) is 18.9 Å². The van der Waals surface area contributed by atoms with Gasteiger partial charge < -0.3 is 10.1 Å². The third-order valence-corrected chi connectivity index (χ3v) is 1.94. The number of aromatic nitrogens is 1. The van der Waals surface area contributed by atoms with Crippen LogP contribution in [-0.2, 0) is 0 Å². The Morgan fingerprint density at radius 2 is 2.42 bits per heavy atom. The molecule has 3 heteroatoms. The van der Waals surface area contributed by atoms with Crippen molar-refractivity contribution in [3.63, 3.8) is 0 Å². The largest absolute Gasteiger partial charge is 0.494 e. The van der Waals surface area contributed by atoms with Gasteiger partial charge in [-0.3, -0.25) is 4.98 Å². The first-order valence-corrected chi connectivity index (χ1v) is 4.14. The van der Waals surface area contributed by atoms with Gasteiger partial charge in [0.2, 0.25) is 0 Å². The van der Waals surface area contributed by atoms with E-state index < -0.39 is 0 Å². The van der Waals surface area contributed by atoms with Crippen molar-refractivity contribution in [1.29, 1.82) is 0 Å². The van der Waals surface area contributed by atoms with Gasteiger partial charge in [0.15, 0.2) is 0 Å². The fourth-order valence-electron chi connectivity index (χ4n) is 1.12. The monoisotopic (exact) mass is 164 g/mol. The van der Waals surface area contributed by atoms with Crippen molar-refractivity contribution >= 4 is 5.69 Å². The molecule has 1 aromatic heterocycles. The van der Waals surface area contributed by atoms with Gasteiger partial charge in [0.05, 0.1) is 19.0 Å². The lowest BCUT2D eigenvalue weighted by molar-refractivity contribution is 0.416. The van der Waals surface area contributed by atoms with Crippen molar-refractivity contribution in [3.8, 4) is 5.75 Å². The first-order valence-electron chi connectivity index (χ1n) is 4.14. The molecule has 3 nitrogen and oxygen atoms in total. The summed E-state index contributed by atoms with van der Waals surface area (Å²) in [6.07, 6.45) is 6.06. The van der Waals surface area contributed by atoms with Crippen LogP contribution < -0.4 is 10.1 Å². The fraction of sp³-hybridized carbons (Fsp3) is 0.444. The topological polar surface area (TPSA) is 34.1 Å². The molecule has 1 aromatic rings. The summed E-state index contributed by atoms with van der Waals surface area (Å²) in [5.41, 5.74) is 1.00. The lowest BCUT2D eigenvalue weighted by atomic mass is 10.4.